The second kappa shape index (κ2) is 8.15. The zero-order valence-electron chi connectivity index (χ0n) is 17.1. The van der Waals surface area contributed by atoms with Crippen molar-refractivity contribution in [3.05, 3.63) is 29.6 Å². The van der Waals surface area contributed by atoms with Crippen molar-refractivity contribution in [2.45, 2.75) is 37.1 Å². The summed E-state index contributed by atoms with van der Waals surface area (Å²) in [6.45, 7) is 1.72. The summed E-state index contributed by atoms with van der Waals surface area (Å²) in [6.07, 6.45) is 3.04. The molecule has 0 radical (unpaired) electrons. The van der Waals surface area contributed by atoms with Gasteiger partial charge in [0.15, 0.2) is 5.82 Å². The van der Waals surface area contributed by atoms with Crippen molar-refractivity contribution in [3.8, 4) is 0 Å². The van der Waals surface area contributed by atoms with Gasteiger partial charge in [0.1, 0.15) is 0 Å². The third kappa shape index (κ3) is 4.36. The highest BCUT2D eigenvalue weighted by molar-refractivity contribution is 7.89. The number of anilines is 3. The lowest BCUT2D eigenvalue weighted by Crippen LogP contribution is -2.28. The van der Waals surface area contributed by atoms with Gasteiger partial charge in [0.25, 0.3) is 0 Å². The number of sulfonamides is 1. The predicted molar refractivity (Wildman–Crippen MR) is 113 cm³/mol. The highest BCUT2D eigenvalue weighted by Crippen LogP contribution is 2.25. The van der Waals surface area contributed by atoms with E-state index < -0.39 is 10.0 Å². The first-order valence-electron chi connectivity index (χ1n) is 9.91. The number of rotatable bonds is 6. The quantitative estimate of drug-likeness (QED) is 0.692. The van der Waals surface area contributed by atoms with Gasteiger partial charge in [-0.2, -0.15) is 15.0 Å². The van der Waals surface area contributed by atoms with Crippen molar-refractivity contribution < 1.29 is 13.2 Å². The van der Waals surface area contributed by atoms with Crippen LogP contribution in [0.25, 0.3) is 0 Å². The summed E-state index contributed by atoms with van der Waals surface area (Å²) >= 11 is 0. The van der Waals surface area contributed by atoms with Crippen molar-refractivity contribution in [2.24, 2.45) is 0 Å². The SMILES string of the molecule is CN(C)c1nc(CNS(=O)(=O)c2ccc3c(c2)CCC(=O)N3)nc(N2CCCC2)n1. The van der Waals surface area contributed by atoms with Crippen molar-refractivity contribution in [3.63, 3.8) is 0 Å². The molecule has 1 saturated heterocycles. The summed E-state index contributed by atoms with van der Waals surface area (Å²) < 4.78 is 28.2. The van der Waals surface area contributed by atoms with Gasteiger partial charge in [0, 0.05) is 39.3 Å². The second-order valence-electron chi connectivity index (χ2n) is 7.63. The van der Waals surface area contributed by atoms with Crippen LogP contribution in [0.4, 0.5) is 17.6 Å². The molecule has 0 atom stereocenters. The first-order valence-corrected chi connectivity index (χ1v) is 11.4. The summed E-state index contributed by atoms with van der Waals surface area (Å²) in [6, 6.07) is 4.71. The van der Waals surface area contributed by atoms with E-state index in [1.165, 1.54) is 6.07 Å². The molecule has 2 N–H and O–H groups in total. The zero-order chi connectivity index (χ0) is 21.3. The summed E-state index contributed by atoms with van der Waals surface area (Å²) in [4.78, 5) is 28.9. The summed E-state index contributed by atoms with van der Waals surface area (Å²) in [5.74, 6) is 1.37. The van der Waals surface area contributed by atoms with Gasteiger partial charge >= 0.3 is 0 Å². The molecule has 0 bridgehead atoms. The maximum absolute atomic E-state index is 12.8. The number of nitrogens with one attached hydrogen (secondary N) is 2. The maximum Gasteiger partial charge on any atom is 0.240 e. The largest absolute Gasteiger partial charge is 0.347 e. The van der Waals surface area contributed by atoms with E-state index in [1.54, 1.807) is 17.0 Å². The Balaban J connectivity index is 1.54. The van der Waals surface area contributed by atoms with Crippen LogP contribution in [0, 0.1) is 0 Å². The van der Waals surface area contributed by atoms with Crippen LogP contribution in [0.2, 0.25) is 0 Å². The maximum atomic E-state index is 12.8. The fourth-order valence-corrected chi connectivity index (χ4v) is 4.53. The molecule has 1 aromatic carbocycles. The minimum atomic E-state index is -3.76. The van der Waals surface area contributed by atoms with Crippen LogP contribution in [-0.2, 0) is 27.8 Å². The number of fused-ring (bicyclic) bond motifs is 1. The molecule has 0 saturated carbocycles. The highest BCUT2D eigenvalue weighted by atomic mass is 32.2. The molecule has 160 valence electrons. The molecular formula is C19H25N7O3S. The first-order chi connectivity index (χ1) is 14.3. The Hall–Kier alpha value is -2.79. The van der Waals surface area contributed by atoms with Gasteiger partial charge in [0.05, 0.1) is 11.4 Å². The van der Waals surface area contributed by atoms with Gasteiger partial charge in [0.2, 0.25) is 27.8 Å². The van der Waals surface area contributed by atoms with Gasteiger partial charge in [-0.3, -0.25) is 4.79 Å². The Morgan fingerprint density at radius 3 is 2.63 bits per heavy atom. The average Bonchev–Trinajstić information content (AvgIpc) is 3.26. The molecule has 1 amide bonds. The van der Waals surface area contributed by atoms with E-state index in [0.29, 0.717) is 36.3 Å². The van der Waals surface area contributed by atoms with E-state index in [1.807, 2.05) is 14.1 Å². The molecule has 1 aromatic heterocycles. The first kappa shape index (κ1) is 20.5. The molecule has 1 fully saturated rings. The van der Waals surface area contributed by atoms with E-state index in [-0.39, 0.29) is 17.3 Å². The number of aromatic nitrogens is 3. The molecule has 4 rings (SSSR count). The van der Waals surface area contributed by atoms with Crippen LogP contribution < -0.4 is 19.8 Å². The standard InChI is InChI=1S/C19H25N7O3S/c1-25(2)18-22-16(23-19(24-18)26-9-3-4-10-26)12-20-30(28,29)14-6-7-15-13(11-14)5-8-17(27)21-15/h6-7,11,20H,3-5,8-10,12H2,1-2H3,(H,21,27). The number of hydrogen-bond acceptors (Lipinski definition) is 8. The second-order valence-corrected chi connectivity index (χ2v) is 9.40. The van der Waals surface area contributed by atoms with Crippen LogP contribution in [0.5, 0.6) is 0 Å². The van der Waals surface area contributed by atoms with Gasteiger partial charge in [-0.05, 0) is 43.0 Å². The highest BCUT2D eigenvalue weighted by Gasteiger charge is 2.22. The number of amides is 1. The van der Waals surface area contributed by atoms with Gasteiger partial charge in [-0.25, -0.2) is 13.1 Å². The van der Waals surface area contributed by atoms with E-state index in [4.69, 9.17) is 0 Å². The topological polar surface area (TPSA) is 120 Å². The van der Waals surface area contributed by atoms with Crippen molar-refractivity contribution in [1.82, 2.24) is 19.7 Å². The Morgan fingerprint density at radius 2 is 1.90 bits per heavy atom. The molecule has 11 heteroatoms. The molecule has 2 aromatic rings. The smallest absolute Gasteiger partial charge is 0.240 e. The summed E-state index contributed by atoms with van der Waals surface area (Å²) in [5, 5.41) is 2.76. The third-order valence-corrected chi connectivity index (χ3v) is 6.55. The number of nitrogens with zero attached hydrogens (tertiary/aromatic N) is 5. The Labute approximate surface area is 175 Å². The van der Waals surface area contributed by atoms with Crippen LogP contribution in [0.3, 0.4) is 0 Å². The van der Waals surface area contributed by atoms with Gasteiger partial charge < -0.3 is 15.1 Å². The monoisotopic (exact) mass is 431 g/mol. The van der Waals surface area contributed by atoms with Crippen LogP contribution >= 0.6 is 0 Å². The fourth-order valence-electron chi connectivity index (χ4n) is 3.50. The lowest BCUT2D eigenvalue weighted by Gasteiger charge is -2.19. The molecule has 2 aliphatic rings. The Kier molecular flexibility index (Phi) is 5.56. The minimum absolute atomic E-state index is 0.0413. The van der Waals surface area contributed by atoms with Gasteiger partial charge in [-0.1, -0.05) is 0 Å². The molecule has 0 spiro atoms. The molecule has 3 heterocycles. The fraction of sp³-hybridized carbons (Fsp3) is 0.474. The van der Waals surface area contributed by atoms with Gasteiger partial charge in [-0.15, -0.1) is 0 Å². The Bertz CT molecular complexity index is 1070. The van der Waals surface area contributed by atoms with Crippen LogP contribution in [-0.4, -0.2) is 56.5 Å². The van der Waals surface area contributed by atoms with E-state index >= 15 is 0 Å². The normalized spacial score (nSPS) is 16.3. The molecule has 2 aliphatic heterocycles. The Morgan fingerprint density at radius 1 is 1.13 bits per heavy atom. The van der Waals surface area contributed by atoms with Crippen LogP contribution in [0.15, 0.2) is 23.1 Å². The number of carbonyl (C=O) groups is 1. The van der Waals surface area contributed by atoms with Crippen LogP contribution in [0.1, 0.15) is 30.7 Å². The average molecular weight is 432 g/mol. The van der Waals surface area contributed by atoms with Crippen molar-refractivity contribution >= 4 is 33.5 Å². The molecule has 10 nitrogen and oxygen atoms in total. The molecule has 0 unspecified atom stereocenters. The lowest BCUT2D eigenvalue weighted by molar-refractivity contribution is -0.116. The summed E-state index contributed by atoms with van der Waals surface area (Å²) in [5.41, 5.74) is 1.47. The number of aryl methyl sites for hydroxylation is 1. The van der Waals surface area contributed by atoms with Crippen molar-refractivity contribution in [2.75, 3.05) is 42.3 Å². The summed E-state index contributed by atoms with van der Waals surface area (Å²) in [7, 11) is -0.0883. The van der Waals surface area contributed by atoms with E-state index in [2.05, 4.69) is 29.9 Å². The zero-order valence-corrected chi connectivity index (χ0v) is 17.9. The van der Waals surface area contributed by atoms with Crippen molar-refractivity contribution in [1.29, 1.82) is 0 Å². The lowest BCUT2D eigenvalue weighted by atomic mass is 10.0. The minimum Gasteiger partial charge on any atom is -0.347 e. The number of hydrogen-bond donors (Lipinski definition) is 2. The molecule has 0 aliphatic carbocycles. The van der Waals surface area contributed by atoms with E-state index in [9.17, 15) is 13.2 Å². The molecule has 30 heavy (non-hydrogen) atoms. The predicted octanol–water partition coefficient (Wildman–Crippen LogP) is 0.901. The third-order valence-electron chi connectivity index (χ3n) is 5.15. The molecular weight excluding hydrogens is 406 g/mol. The van der Waals surface area contributed by atoms with E-state index in [0.717, 1.165) is 31.5 Å². The number of carbonyl (C=O) groups excluding carboxylic acids is 1. The number of benzene rings is 1.